The smallest absolute Gasteiger partial charge is 0.135 e. The van der Waals surface area contributed by atoms with Crippen LogP contribution in [0.3, 0.4) is 0 Å². The summed E-state index contributed by atoms with van der Waals surface area (Å²) in [5.41, 5.74) is 36.4. The summed E-state index contributed by atoms with van der Waals surface area (Å²) in [7, 11) is 0. The Morgan fingerprint density at radius 1 is 0.175 bits per heavy atom. The summed E-state index contributed by atoms with van der Waals surface area (Å²) in [6.07, 6.45) is 0. The fraction of sp³-hybridized carbons (Fsp3) is 0.0164. The molecule has 20 aromatic carbocycles. The quantitative estimate of drug-likeness (QED) is 0.0961. The fourth-order valence-corrected chi connectivity index (χ4v) is 21.4. The molecule has 126 heavy (non-hydrogen) atoms. The standard InChI is InChI=1S/C61H41NO.C61H41NS/c2*1-5-18-43(19-6-1)50-28-17-29-51(44-20-7-2-8-21-44)60(50)62(48-35-32-42(33-36-48)45-34-39-59-55(40-45)54-27-14-16-31-58(54)63-59)49-37-38-53-52-26-13-15-30-56(52)61(57(53)41-49,46-22-9-3-10-23-46)47-24-11-4-12-25-47/h2*1-41H. The van der Waals surface area contributed by atoms with E-state index in [-0.39, 0.29) is 0 Å². The van der Waals surface area contributed by atoms with E-state index in [9.17, 15) is 0 Å². The Bertz CT molecular complexity index is 7130. The van der Waals surface area contributed by atoms with Crippen molar-refractivity contribution >= 4 is 87.6 Å². The van der Waals surface area contributed by atoms with Crippen LogP contribution in [0, 0.1) is 0 Å². The topological polar surface area (TPSA) is 19.6 Å². The summed E-state index contributed by atoms with van der Waals surface area (Å²) in [5.74, 6) is 0. The summed E-state index contributed by atoms with van der Waals surface area (Å²) in [4.78, 5) is 5.00. The van der Waals surface area contributed by atoms with Crippen molar-refractivity contribution in [2.45, 2.75) is 10.8 Å². The van der Waals surface area contributed by atoms with Crippen molar-refractivity contribution in [2.24, 2.45) is 0 Å². The van der Waals surface area contributed by atoms with Crippen molar-refractivity contribution < 1.29 is 4.42 Å². The molecule has 592 valence electrons. The first kappa shape index (κ1) is 75.0. The van der Waals surface area contributed by atoms with Gasteiger partial charge in [-0.2, -0.15) is 0 Å². The van der Waals surface area contributed by atoms with Gasteiger partial charge in [0.05, 0.1) is 22.2 Å². The summed E-state index contributed by atoms with van der Waals surface area (Å²) in [5, 5.41) is 4.87. The Morgan fingerprint density at radius 3 is 0.897 bits per heavy atom. The SMILES string of the molecule is c1ccc(-c2cccc(-c3ccccc3)c2N(c2ccc(-c3ccc4oc5ccccc5c4c3)cc2)c2ccc3c(c2)C(c2ccccc2)(c2ccccc2)c2ccccc2-3)cc1.c1ccc(-c2cccc(-c3ccccc3)c2N(c2ccc(-c3ccc4sc5ccccc5c4c3)cc2)c2ccc3c(c2)C(c2ccccc2)(c2ccccc2)c2ccccc2-3)cc1. The Kier molecular flexibility index (Phi) is 18.9. The average Bonchev–Trinajstić information content (AvgIpc) is 1.54. The monoisotopic (exact) mass is 1620 g/mol. The number of benzene rings is 20. The van der Waals surface area contributed by atoms with Gasteiger partial charge < -0.3 is 14.2 Å². The van der Waals surface area contributed by atoms with E-state index >= 15 is 0 Å². The van der Waals surface area contributed by atoms with Gasteiger partial charge >= 0.3 is 0 Å². The van der Waals surface area contributed by atoms with E-state index in [2.05, 4.69) is 495 Å². The molecule has 0 radical (unpaired) electrons. The highest BCUT2D eigenvalue weighted by atomic mass is 32.1. The fourth-order valence-electron chi connectivity index (χ4n) is 20.3. The zero-order valence-electron chi connectivity index (χ0n) is 69.1. The lowest BCUT2D eigenvalue weighted by atomic mass is 9.67. The Morgan fingerprint density at radius 2 is 0.476 bits per heavy atom. The van der Waals surface area contributed by atoms with Gasteiger partial charge in [-0.05, 0) is 196 Å². The molecule has 3 nitrogen and oxygen atoms in total. The van der Waals surface area contributed by atoms with Crippen LogP contribution in [0.4, 0.5) is 34.1 Å². The van der Waals surface area contributed by atoms with Gasteiger partial charge in [-0.25, -0.2) is 0 Å². The Balaban J connectivity index is 0.000000145. The Hall–Kier alpha value is -16.0. The van der Waals surface area contributed by atoms with Gasteiger partial charge in [-0.15, -0.1) is 11.3 Å². The molecular formula is C122H82N2OS. The normalized spacial score (nSPS) is 12.6. The van der Waals surface area contributed by atoms with Crippen molar-refractivity contribution in [2.75, 3.05) is 9.80 Å². The average molecular weight is 1620 g/mol. The minimum atomic E-state index is -0.545. The van der Waals surface area contributed by atoms with E-state index in [1.54, 1.807) is 0 Å². The van der Waals surface area contributed by atoms with Crippen LogP contribution in [0.15, 0.2) is 502 Å². The van der Waals surface area contributed by atoms with Gasteiger partial charge in [0.1, 0.15) is 11.2 Å². The zero-order valence-corrected chi connectivity index (χ0v) is 69.9. The first-order chi connectivity index (χ1) is 62.5. The number of fused-ring (bicyclic) bond motifs is 12. The van der Waals surface area contributed by atoms with Crippen LogP contribution in [0.2, 0.25) is 0 Å². The van der Waals surface area contributed by atoms with Crippen LogP contribution >= 0.6 is 11.3 Å². The summed E-state index contributed by atoms with van der Waals surface area (Å²) in [6, 6.07) is 182. The van der Waals surface area contributed by atoms with E-state index in [1.807, 2.05) is 23.5 Å². The third-order valence-corrected chi connectivity index (χ3v) is 27.1. The molecule has 0 saturated heterocycles. The number of para-hydroxylation sites is 3. The largest absolute Gasteiger partial charge is 0.456 e. The predicted molar refractivity (Wildman–Crippen MR) is 530 cm³/mol. The van der Waals surface area contributed by atoms with Gasteiger partial charge in [0.25, 0.3) is 0 Å². The number of nitrogens with zero attached hydrogens (tertiary/aromatic N) is 2. The first-order valence-electron chi connectivity index (χ1n) is 43.3. The van der Waals surface area contributed by atoms with Crippen molar-refractivity contribution in [1.82, 2.24) is 0 Å². The second kappa shape index (κ2) is 31.8. The van der Waals surface area contributed by atoms with Crippen LogP contribution in [0.25, 0.3) is 131 Å². The van der Waals surface area contributed by atoms with E-state index in [0.29, 0.717) is 0 Å². The molecule has 0 bridgehead atoms. The highest BCUT2D eigenvalue weighted by molar-refractivity contribution is 7.25. The van der Waals surface area contributed by atoms with Gasteiger partial charge in [0.15, 0.2) is 0 Å². The van der Waals surface area contributed by atoms with Crippen LogP contribution < -0.4 is 9.80 Å². The Labute approximate surface area is 738 Å². The molecule has 22 aromatic rings. The highest BCUT2D eigenvalue weighted by Crippen LogP contribution is 2.61. The third kappa shape index (κ3) is 12.7. The van der Waals surface area contributed by atoms with E-state index in [0.717, 1.165) is 101 Å². The molecule has 0 N–H and O–H groups in total. The molecule has 0 atom stereocenters. The molecule has 2 aromatic heterocycles. The molecular weight excluding hydrogens is 1540 g/mol. The van der Waals surface area contributed by atoms with Gasteiger partial charge in [-0.1, -0.05) is 413 Å². The van der Waals surface area contributed by atoms with Crippen molar-refractivity contribution in [3.05, 3.63) is 542 Å². The number of hydrogen-bond donors (Lipinski definition) is 0. The molecule has 2 heterocycles. The number of furan rings is 1. The maximum atomic E-state index is 6.20. The molecule has 4 heteroatoms. The van der Waals surface area contributed by atoms with Crippen LogP contribution in [0.1, 0.15) is 44.5 Å². The lowest BCUT2D eigenvalue weighted by Gasteiger charge is -2.35. The molecule has 0 fully saturated rings. The first-order valence-corrected chi connectivity index (χ1v) is 44.2. The van der Waals surface area contributed by atoms with E-state index in [4.69, 9.17) is 4.42 Å². The van der Waals surface area contributed by atoms with E-state index in [1.165, 1.54) is 109 Å². The van der Waals surface area contributed by atoms with Crippen LogP contribution in [-0.4, -0.2) is 0 Å². The zero-order chi connectivity index (χ0) is 83.5. The molecule has 0 aliphatic heterocycles. The number of hydrogen-bond acceptors (Lipinski definition) is 4. The number of anilines is 6. The maximum Gasteiger partial charge on any atom is 0.135 e. The summed E-state index contributed by atoms with van der Waals surface area (Å²) in [6.45, 7) is 0. The summed E-state index contributed by atoms with van der Waals surface area (Å²) < 4.78 is 8.84. The minimum absolute atomic E-state index is 0.536. The molecule has 0 unspecified atom stereocenters. The molecule has 0 spiro atoms. The van der Waals surface area contributed by atoms with Gasteiger partial charge in [0, 0.05) is 75.9 Å². The second-order valence-electron chi connectivity index (χ2n) is 32.8. The number of rotatable bonds is 16. The summed E-state index contributed by atoms with van der Waals surface area (Å²) >= 11 is 1.86. The molecule has 24 rings (SSSR count). The number of thiophene rings is 1. The third-order valence-electron chi connectivity index (χ3n) is 25.9. The lowest BCUT2D eigenvalue weighted by molar-refractivity contribution is 0.669. The van der Waals surface area contributed by atoms with Gasteiger partial charge in [-0.3, -0.25) is 0 Å². The highest BCUT2D eigenvalue weighted by Gasteiger charge is 2.48. The van der Waals surface area contributed by atoms with Crippen LogP contribution in [-0.2, 0) is 10.8 Å². The molecule has 0 saturated carbocycles. The maximum absolute atomic E-state index is 6.20. The van der Waals surface area contributed by atoms with Crippen molar-refractivity contribution in [1.29, 1.82) is 0 Å². The minimum Gasteiger partial charge on any atom is -0.456 e. The lowest BCUT2D eigenvalue weighted by Crippen LogP contribution is -2.28. The molecule has 0 amide bonds. The van der Waals surface area contributed by atoms with Crippen molar-refractivity contribution in [3.63, 3.8) is 0 Å². The van der Waals surface area contributed by atoms with E-state index < -0.39 is 10.8 Å². The van der Waals surface area contributed by atoms with Crippen molar-refractivity contribution in [3.8, 4) is 89.0 Å². The second-order valence-corrected chi connectivity index (χ2v) is 33.8. The van der Waals surface area contributed by atoms with Gasteiger partial charge in [0.2, 0.25) is 0 Å². The molecule has 2 aliphatic rings. The predicted octanol–water partition coefficient (Wildman–Crippen LogP) is 33.3. The molecule has 2 aliphatic carbocycles. The van der Waals surface area contributed by atoms with Crippen LogP contribution in [0.5, 0.6) is 0 Å².